The second-order valence-electron chi connectivity index (χ2n) is 5.78. The third kappa shape index (κ3) is 5.17. The predicted octanol–water partition coefficient (Wildman–Crippen LogP) is 2.61. The molecule has 1 aromatic carbocycles. The molecule has 0 unspecified atom stereocenters. The highest BCUT2D eigenvalue weighted by Gasteiger charge is 2.12. The van der Waals surface area contributed by atoms with E-state index in [1.165, 1.54) is 18.2 Å². The van der Waals surface area contributed by atoms with Crippen LogP contribution in [0.15, 0.2) is 33.8 Å². The van der Waals surface area contributed by atoms with E-state index in [-0.39, 0.29) is 16.6 Å². The first kappa shape index (κ1) is 18.6. The van der Waals surface area contributed by atoms with Gasteiger partial charge in [-0.1, -0.05) is 11.6 Å². The second-order valence-corrected chi connectivity index (χ2v) is 6.19. The summed E-state index contributed by atoms with van der Waals surface area (Å²) in [6, 6.07) is 5.63. The van der Waals surface area contributed by atoms with Gasteiger partial charge in [0.15, 0.2) is 5.84 Å². The summed E-state index contributed by atoms with van der Waals surface area (Å²) in [5.41, 5.74) is 6.30. The topological polar surface area (TPSA) is 86.1 Å². The molecule has 2 heterocycles. The number of halogens is 2. The van der Waals surface area contributed by atoms with Crippen molar-refractivity contribution < 1.29 is 18.4 Å². The molecule has 2 aromatic rings. The number of nitrogens with two attached hydrogens (primary N) is 1. The normalized spacial score (nSPS) is 16.0. The maximum absolute atomic E-state index is 13.2. The van der Waals surface area contributed by atoms with E-state index in [2.05, 4.69) is 15.0 Å². The van der Waals surface area contributed by atoms with E-state index in [0.717, 1.165) is 39.3 Å². The van der Waals surface area contributed by atoms with E-state index in [1.807, 2.05) is 0 Å². The zero-order chi connectivity index (χ0) is 18.4. The van der Waals surface area contributed by atoms with Gasteiger partial charge in [0.05, 0.1) is 36.6 Å². The summed E-state index contributed by atoms with van der Waals surface area (Å²) in [7, 11) is 0. The van der Waals surface area contributed by atoms with Gasteiger partial charge in [0.25, 0.3) is 5.88 Å². The van der Waals surface area contributed by atoms with Crippen molar-refractivity contribution in [1.82, 2.24) is 10.1 Å². The number of aromatic nitrogens is 1. The van der Waals surface area contributed by atoms with Gasteiger partial charge < -0.3 is 19.7 Å². The zero-order valence-corrected chi connectivity index (χ0v) is 14.9. The molecular weight excluding hydrogens is 363 g/mol. The average Bonchev–Trinajstić information content (AvgIpc) is 3.12. The minimum absolute atomic E-state index is 0.0269. The Hall–Kier alpha value is -2.16. The van der Waals surface area contributed by atoms with Crippen molar-refractivity contribution in [3.63, 3.8) is 0 Å². The van der Waals surface area contributed by atoms with E-state index < -0.39 is 5.82 Å². The van der Waals surface area contributed by atoms with Crippen molar-refractivity contribution in [2.45, 2.75) is 6.42 Å². The average molecular weight is 383 g/mol. The minimum Gasteiger partial charge on any atom is -0.475 e. The molecule has 0 atom stereocenters. The number of morpholine rings is 1. The minimum atomic E-state index is -0.517. The van der Waals surface area contributed by atoms with Gasteiger partial charge in [-0.25, -0.2) is 9.38 Å². The summed E-state index contributed by atoms with van der Waals surface area (Å²) in [6.07, 6.45) is 0.875. The van der Waals surface area contributed by atoms with E-state index in [1.54, 1.807) is 6.07 Å². The molecule has 2 N–H and O–H groups in total. The van der Waals surface area contributed by atoms with Crippen LogP contribution in [0.5, 0.6) is 5.88 Å². The predicted molar refractivity (Wildman–Crippen MR) is 95.7 cm³/mol. The number of hydrogen-bond donors (Lipinski definition) is 1. The molecule has 0 radical (unpaired) electrons. The van der Waals surface area contributed by atoms with Crippen LogP contribution in [0, 0.1) is 5.82 Å². The highest BCUT2D eigenvalue weighted by atomic mass is 35.5. The summed E-state index contributed by atoms with van der Waals surface area (Å²) in [6.45, 7) is 4.94. The molecule has 1 aromatic heterocycles. The number of hydrogen-bond acceptors (Lipinski definition) is 6. The third-order valence-corrected chi connectivity index (χ3v) is 4.16. The third-order valence-electron chi connectivity index (χ3n) is 3.87. The molecule has 1 fully saturated rings. The van der Waals surface area contributed by atoms with Gasteiger partial charge >= 0.3 is 0 Å². The molecular formula is C17H20ClFN4O3. The maximum Gasteiger partial charge on any atom is 0.254 e. The van der Waals surface area contributed by atoms with Gasteiger partial charge in [-0.3, -0.25) is 4.90 Å². The van der Waals surface area contributed by atoms with E-state index in [0.29, 0.717) is 18.2 Å². The van der Waals surface area contributed by atoms with Crippen LogP contribution in [0.4, 0.5) is 10.1 Å². The van der Waals surface area contributed by atoms with Crippen LogP contribution < -0.4 is 10.5 Å². The van der Waals surface area contributed by atoms with Crippen LogP contribution in [0.2, 0.25) is 5.02 Å². The molecule has 140 valence electrons. The molecule has 1 aliphatic rings. The fraction of sp³-hybridized carbons (Fsp3) is 0.412. The van der Waals surface area contributed by atoms with Gasteiger partial charge in [-0.2, -0.15) is 0 Å². The quantitative estimate of drug-likeness (QED) is 0.450. The number of nitrogens with zero attached hydrogens (tertiary/aromatic N) is 3. The highest BCUT2D eigenvalue weighted by Crippen LogP contribution is 2.22. The van der Waals surface area contributed by atoms with Crippen molar-refractivity contribution in [1.29, 1.82) is 0 Å². The van der Waals surface area contributed by atoms with Crippen LogP contribution >= 0.6 is 11.6 Å². The highest BCUT2D eigenvalue weighted by molar-refractivity contribution is 6.31. The van der Waals surface area contributed by atoms with Crippen LogP contribution in [-0.2, 0) is 4.74 Å². The van der Waals surface area contributed by atoms with Crippen molar-refractivity contribution in [3.8, 4) is 5.88 Å². The summed E-state index contributed by atoms with van der Waals surface area (Å²) in [5.74, 6) is 0.200. The van der Waals surface area contributed by atoms with Gasteiger partial charge in [0.1, 0.15) is 5.82 Å². The summed E-state index contributed by atoms with van der Waals surface area (Å²) in [5, 5.41) is 3.79. The van der Waals surface area contributed by atoms with Crippen molar-refractivity contribution in [2.75, 3.05) is 39.5 Å². The van der Waals surface area contributed by atoms with Crippen molar-refractivity contribution in [3.05, 3.63) is 40.9 Å². The Balaban J connectivity index is 1.50. The van der Waals surface area contributed by atoms with Crippen LogP contribution in [0.3, 0.4) is 0 Å². The molecule has 1 saturated heterocycles. The number of ether oxygens (including phenoxy) is 2. The summed E-state index contributed by atoms with van der Waals surface area (Å²) >= 11 is 5.72. The molecule has 26 heavy (non-hydrogen) atoms. The smallest absolute Gasteiger partial charge is 0.254 e. The van der Waals surface area contributed by atoms with Gasteiger partial charge in [-0.15, -0.1) is 0 Å². The Morgan fingerprint density at radius 2 is 2.15 bits per heavy atom. The van der Waals surface area contributed by atoms with Gasteiger partial charge in [0, 0.05) is 19.6 Å². The Morgan fingerprint density at radius 3 is 2.92 bits per heavy atom. The first-order valence-electron chi connectivity index (χ1n) is 8.31. The SMILES string of the molecule is NC(=Nc1ccc(F)c(Cl)c1)c1cc(OCCCN2CCOCC2)no1. The molecule has 0 amide bonds. The van der Waals surface area contributed by atoms with E-state index in [9.17, 15) is 4.39 Å². The van der Waals surface area contributed by atoms with Crippen LogP contribution in [0.25, 0.3) is 0 Å². The van der Waals surface area contributed by atoms with E-state index in [4.69, 9.17) is 31.3 Å². The molecule has 7 nitrogen and oxygen atoms in total. The molecule has 0 saturated carbocycles. The summed E-state index contributed by atoms with van der Waals surface area (Å²) in [4.78, 5) is 6.47. The molecule has 1 aliphatic heterocycles. The summed E-state index contributed by atoms with van der Waals surface area (Å²) < 4.78 is 29.2. The molecule has 9 heteroatoms. The first-order valence-corrected chi connectivity index (χ1v) is 8.69. The Morgan fingerprint density at radius 1 is 1.35 bits per heavy atom. The standard InChI is InChI=1S/C17H20ClFN4O3/c18-13-10-12(2-3-14(13)19)21-17(20)15-11-16(22-26-15)25-7-1-4-23-5-8-24-9-6-23/h2-3,10-11H,1,4-9H2,(H2,20,21). The number of amidine groups is 1. The van der Waals surface area contributed by atoms with E-state index >= 15 is 0 Å². The Bertz CT molecular complexity index is 762. The monoisotopic (exact) mass is 382 g/mol. The fourth-order valence-corrected chi connectivity index (χ4v) is 2.66. The Kier molecular flexibility index (Phi) is 6.43. The van der Waals surface area contributed by atoms with Crippen LogP contribution in [0.1, 0.15) is 12.2 Å². The molecule has 0 spiro atoms. The number of rotatable bonds is 7. The molecule has 3 rings (SSSR count). The van der Waals surface area contributed by atoms with Crippen LogP contribution in [-0.4, -0.2) is 55.3 Å². The first-order chi connectivity index (χ1) is 12.6. The van der Waals surface area contributed by atoms with Gasteiger partial charge in [0.2, 0.25) is 5.76 Å². The lowest BCUT2D eigenvalue weighted by Gasteiger charge is -2.26. The lowest BCUT2D eigenvalue weighted by Crippen LogP contribution is -2.37. The number of benzene rings is 1. The number of aliphatic imine (C=N–C) groups is 1. The maximum atomic E-state index is 13.2. The lowest BCUT2D eigenvalue weighted by molar-refractivity contribution is 0.0356. The second kappa shape index (κ2) is 8.98. The zero-order valence-electron chi connectivity index (χ0n) is 14.2. The van der Waals surface area contributed by atoms with Crippen molar-refractivity contribution in [2.24, 2.45) is 10.7 Å². The molecule has 0 bridgehead atoms. The lowest BCUT2D eigenvalue weighted by atomic mass is 10.3. The fourth-order valence-electron chi connectivity index (χ4n) is 2.49. The largest absolute Gasteiger partial charge is 0.475 e. The van der Waals surface area contributed by atoms with Gasteiger partial charge in [-0.05, 0) is 29.8 Å². The van der Waals surface area contributed by atoms with Crippen molar-refractivity contribution >= 4 is 23.1 Å². The Labute approximate surface area is 155 Å². The molecule has 0 aliphatic carbocycles.